The Balaban J connectivity index is 1.63. The molecule has 0 fully saturated rings. The lowest BCUT2D eigenvalue weighted by Gasteiger charge is -2.05. The summed E-state index contributed by atoms with van der Waals surface area (Å²) in [5, 5.41) is 4.88. The van der Waals surface area contributed by atoms with Gasteiger partial charge >= 0.3 is 0 Å². The van der Waals surface area contributed by atoms with Gasteiger partial charge in [0.15, 0.2) is 0 Å². The molecule has 8 heteroatoms. The molecule has 136 valence electrons. The minimum absolute atomic E-state index is 0.0302. The molecule has 0 spiro atoms. The Morgan fingerprint density at radius 1 is 1.07 bits per heavy atom. The average molecular weight is 365 g/mol. The van der Waals surface area contributed by atoms with Crippen LogP contribution >= 0.6 is 0 Å². The Kier molecular flexibility index (Phi) is 4.61. The number of pyridine rings is 2. The van der Waals surface area contributed by atoms with Crippen molar-refractivity contribution in [1.82, 2.24) is 20.1 Å². The molecule has 0 atom stereocenters. The number of aromatic nitrogens is 4. The van der Waals surface area contributed by atoms with Crippen LogP contribution in [0.25, 0.3) is 33.9 Å². The lowest BCUT2D eigenvalue weighted by atomic mass is 10.2. The van der Waals surface area contributed by atoms with Gasteiger partial charge in [0.25, 0.3) is 5.89 Å². The number of benzene rings is 1. The number of methoxy groups -OCH3 is 1. The Morgan fingerprint density at radius 2 is 2.00 bits per heavy atom. The zero-order valence-electron chi connectivity index (χ0n) is 14.4. The lowest BCUT2D eigenvalue weighted by Crippen LogP contribution is -1.98. The highest BCUT2D eigenvalue weighted by Crippen LogP contribution is 2.26. The molecule has 0 unspecified atom stereocenters. The molecule has 0 aliphatic rings. The summed E-state index contributed by atoms with van der Waals surface area (Å²) in [5.41, 5.74) is 2.03. The molecule has 0 saturated heterocycles. The molecule has 7 nitrogen and oxygen atoms in total. The van der Waals surface area contributed by atoms with E-state index >= 15 is 0 Å². The summed E-state index contributed by atoms with van der Waals surface area (Å²) in [6.45, 7) is -0.499. The van der Waals surface area contributed by atoms with Crippen LogP contribution in [0.5, 0.6) is 11.6 Å². The summed E-state index contributed by atoms with van der Waals surface area (Å²) < 4.78 is 28.0. The van der Waals surface area contributed by atoms with Gasteiger partial charge in [-0.25, -0.2) is 14.4 Å². The summed E-state index contributed by atoms with van der Waals surface area (Å²) in [4.78, 5) is 13.0. The van der Waals surface area contributed by atoms with Crippen molar-refractivity contribution in [3.05, 3.63) is 48.7 Å². The zero-order chi connectivity index (χ0) is 18.6. The highest BCUT2D eigenvalue weighted by molar-refractivity contribution is 5.82. The van der Waals surface area contributed by atoms with E-state index in [1.54, 1.807) is 43.6 Å². The third-order valence-electron chi connectivity index (χ3n) is 3.85. The molecule has 3 heterocycles. The molecular formula is C19H15FN4O3. The van der Waals surface area contributed by atoms with Crippen molar-refractivity contribution >= 4 is 10.9 Å². The molecule has 0 bridgehead atoms. The summed E-state index contributed by atoms with van der Waals surface area (Å²) in [6.07, 6.45) is 1.61. The van der Waals surface area contributed by atoms with E-state index in [9.17, 15) is 4.39 Å². The quantitative estimate of drug-likeness (QED) is 0.515. The number of hydrogen-bond acceptors (Lipinski definition) is 7. The maximum Gasteiger partial charge on any atom is 0.258 e. The van der Waals surface area contributed by atoms with Crippen LogP contribution in [0.1, 0.15) is 0 Å². The molecule has 4 aromatic rings. The first-order chi connectivity index (χ1) is 13.3. The van der Waals surface area contributed by atoms with Crippen LogP contribution in [0, 0.1) is 0 Å². The van der Waals surface area contributed by atoms with E-state index in [1.165, 1.54) is 0 Å². The Hall–Kier alpha value is -3.55. The predicted molar refractivity (Wildman–Crippen MR) is 96.3 cm³/mol. The van der Waals surface area contributed by atoms with Crippen molar-refractivity contribution in [3.8, 4) is 34.6 Å². The highest BCUT2D eigenvalue weighted by Gasteiger charge is 2.13. The van der Waals surface area contributed by atoms with Crippen molar-refractivity contribution in [2.45, 2.75) is 0 Å². The van der Waals surface area contributed by atoms with Crippen LogP contribution in [-0.4, -0.2) is 40.5 Å². The molecule has 0 aliphatic heterocycles. The second kappa shape index (κ2) is 7.36. The average Bonchev–Trinajstić information content (AvgIpc) is 3.22. The van der Waals surface area contributed by atoms with E-state index in [-0.39, 0.29) is 6.61 Å². The molecule has 0 N–H and O–H groups in total. The zero-order valence-corrected chi connectivity index (χ0v) is 14.4. The first-order valence-corrected chi connectivity index (χ1v) is 8.21. The lowest BCUT2D eigenvalue weighted by molar-refractivity contribution is 0.273. The first-order valence-electron chi connectivity index (χ1n) is 8.21. The van der Waals surface area contributed by atoms with Crippen molar-refractivity contribution in [2.75, 3.05) is 20.4 Å². The summed E-state index contributed by atoms with van der Waals surface area (Å²) in [5.74, 6) is 1.79. The number of ether oxygens (including phenoxy) is 2. The molecule has 0 saturated carbocycles. The number of alkyl halides is 1. The van der Waals surface area contributed by atoms with E-state index in [1.807, 2.05) is 12.1 Å². The van der Waals surface area contributed by atoms with E-state index in [2.05, 4.69) is 20.1 Å². The van der Waals surface area contributed by atoms with Crippen molar-refractivity contribution in [2.24, 2.45) is 0 Å². The first kappa shape index (κ1) is 16.9. The van der Waals surface area contributed by atoms with Crippen LogP contribution in [-0.2, 0) is 0 Å². The van der Waals surface area contributed by atoms with Crippen LogP contribution in [0.3, 0.4) is 0 Å². The Morgan fingerprint density at radius 3 is 2.85 bits per heavy atom. The normalized spacial score (nSPS) is 10.9. The third-order valence-corrected chi connectivity index (χ3v) is 3.85. The molecule has 1 aromatic carbocycles. The van der Waals surface area contributed by atoms with Gasteiger partial charge in [-0.05, 0) is 30.3 Å². The van der Waals surface area contributed by atoms with E-state index in [4.69, 9.17) is 14.0 Å². The molecule has 3 aromatic heterocycles. The number of rotatable bonds is 6. The van der Waals surface area contributed by atoms with Gasteiger partial charge in [-0.1, -0.05) is 11.2 Å². The summed E-state index contributed by atoms with van der Waals surface area (Å²) in [7, 11) is 1.54. The minimum atomic E-state index is -0.529. The second-order valence-electron chi connectivity index (χ2n) is 5.60. The molecule has 0 aliphatic carbocycles. The van der Waals surface area contributed by atoms with E-state index < -0.39 is 6.67 Å². The van der Waals surface area contributed by atoms with Crippen LogP contribution in [0.2, 0.25) is 0 Å². The molecule has 27 heavy (non-hydrogen) atoms. The second-order valence-corrected chi connectivity index (χ2v) is 5.60. The predicted octanol–water partition coefficient (Wildman–Crippen LogP) is 3.70. The maximum atomic E-state index is 12.2. The fourth-order valence-electron chi connectivity index (χ4n) is 2.57. The van der Waals surface area contributed by atoms with Crippen molar-refractivity contribution in [3.63, 3.8) is 0 Å². The smallest absolute Gasteiger partial charge is 0.258 e. The van der Waals surface area contributed by atoms with Gasteiger partial charge in [0.2, 0.25) is 11.7 Å². The number of nitrogens with zero attached hydrogens (tertiary/aromatic N) is 4. The van der Waals surface area contributed by atoms with Gasteiger partial charge in [-0.3, -0.25) is 0 Å². The summed E-state index contributed by atoms with van der Waals surface area (Å²) >= 11 is 0. The third kappa shape index (κ3) is 3.55. The van der Waals surface area contributed by atoms with E-state index in [0.29, 0.717) is 34.6 Å². The fraction of sp³-hybridized carbons (Fsp3) is 0.158. The highest BCUT2D eigenvalue weighted by atomic mass is 18.2. The SMILES string of the molecule is COc1cc(-c2nc(-c3ccc4cc(OCC[18F])ccc4n3)no2)ccn1. The topological polar surface area (TPSA) is 83.2 Å². The largest absolute Gasteiger partial charge is 0.491 e. The van der Waals surface area contributed by atoms with Gasteiger partial charge < -0.3 is 14.0 Å². The molecular weight excluding hydrogens is 350 g/mol. The van der Waals surface area contributed by atoms with Crippen molar-refractivity contribution < 1.29 is 18.4 Å². The fourth-order valence-corrected chi connectivity index (χ4v) is 2.57. The van der Waals surface area contributed by atoms with Crippen LogP contribution < -0.4 is 9.47 Å². The number of halogens is 1. The molecule has 0 radical (unpaired) electrons. The number of hydrogen-bond donors (Lipinski definition) is 0. The number of fused-ring (bicyclic) bond motifs is 1. The molecule has 0 amide bonds. The minimum Gasteiger partial charge on any atom is -0.491 e. The van der Waals surface area contributed by atoms with Gasteiger partial charge in [0, 0.05) is 23.2 Å². The molecule has 4 rings (SSSR count). The van der Waals surface area contributed by atoms with Gasteiger partial charge in [-0.15, -0.1) is 0 Å². The van der Waals surface area contributed by atoms with Crippen molar-refractivity contribution in [1.29, 1.82) is 0 Å². The van der Waals surface area contributed by atoms with Crippen LogP contribution in [0.4, 0.5) is 4.39 Å². The summed E-state index contributed by atoms with van der Waals surface area (Å²) in [6, 6.07) is 12.5. The van der Waals surface area contributed by atoms with Gasteiger partial charge in [0.1, 0.15) is 24.7 Å². The monoisotopic (exact) mass is 365 g/mol. The van der Waals surface area contributed by atoms with Crippen LogP contribution in [0.15, 0.2) is 53.2 Å². The standard InChI is InChI=1S/C19H15FN4O3/c1-25-17-11-13(6-8-21-17)19-23-18(24-27-19)16-4-2-12-10-14(26-9-7-20)3-5-15(12)22-16/h2-6,8,10-11H,7,9H2,1H3/i20-1. The maximum absolute atomic E-state index is 12.2. The Bertz CT molecular complexity index is 1080. The Labute approximate surface area is 153 Å². The van der Waals surface area contributed by atoms with Gasteiger partial charge in [0.05, 0.1) is 12.6 Å². The van der Waals surface area contributed by atoms with E-state index in [0.717, 1.165) is 10.9 Å². The van der Waals surface area contributed by atoms with Gasteiger partial charge in [-0.2, -0.15) is 4.98 Å².